The molecule has 1 N–H and O–H groups in total. The largest absolute Gasteiger partial charge is 0.493 e. The van der Waals surface area contributed by atoms with E-state index in [0.717, 1.165) is 25.3 Å². The zero-order valence-electron chi connectivity index (χ0n) is 12.1. The average molecular weight is 264 g/mol. The third-order valence-corrected chi connectivity index (χ3v) is 2.74. The number of benzene rings is 1. The van der Waals surface area contributed by atoms with Gasteiger partial charge < -0.3 is 15.0 Å². The topological polar surface area (TPSA) is 41.6 Å². The first-order valence-corrected chi connectivity index (χ1v) is 6.76. The van der Waals surface area contributed by atoms with E-state index in [1.807, 2.05) is 18.2 Å². The third kappa shape index (κ3) is 6.25. The van der Waals surface area contributed by atoms with E-state index in [2.05, 4.69) is 18.3 Å². The lowest BCUT2D eigenvalue weighted by Crippen LogP contribution is -2.23. The van der Waals surface area contributed by atoms with Crippen LogP contribution in [0, 0.1) is 0 Å². The van der Waals surface area contributed by atoms with Crippen LogP contribution in [0.2, 0.25) is 0 Å². The SMILES string of the molecule is CCCNCc1cccc(OCCC(=O)N(C)C)c1. The molecule has 0 aromatic heterocycles. The molecule has 0 aliphatic heterocycles. The van der Waals surface area contributed by atoms with Gasteiger partial charge in [-0.1, -0.05) is 19.1 Å². The Morgan fingerprint density at radius 2 is 2.16 bits per heavy atom. The zero-order valence-corrected chi connectivity index (χ0v) is 12.1. The minimum absolute atomic E-state index is 0.0840. The summed E-state index contributed by atoms with van der Waals surface area (Å²) in [6, 6.07) is 7.98. The van der Waals surface area contributed by atoms with Crippen LogP contribution in [-0.2, 0) is 11.3 Å². The molecule has 1 rings (SSSR count). The number of amides is 1. The third-order valence-electron chi connectivity index (χ3n) is 2.74. The molecule has 1 aromatic rings. The molecule has 0 saturated carbocycles. The number of hydrogen-bond donors (Lipinski definition) is 1. The number of rotatable bonds is 8. The van der Waals surface area contributed by atoms with E-state index in [1.54, 1.807) is 19.0 Å². The van der Waals surface area contributed by atoms with Gasteiger partial charge in [-0.05, 0) is 30.7 Å². The Hall–Kier alpha value is -1.55. The quantitative estimate of drug-likeness (QED) is 0.731. The van der Waals surface area contributed by atoms with Crippen molar-refractivity contribution in [2.75, 3.05) is 27.2 Å². The Labute approximate surface area is 115 Å². The van der Waals surface area contributed by atoms with Gasteiger partial charge >= 0.3 is 0 Å². The summed E-state index contributed by atoms with van der Waals surface area (Å²) in [4.78, 5) is 13.0. The van der Waals surface area contributed by atoms with Crippen molar-refractivity contribution in [3.8, 4) is 5.75 Å². The highest BCUT2D eigenvalue weighted by molar-refractivity contribution is 5.75. The highest BCUT2D eigenvalue weighted by Crippen LogP contribution is 2.13. The fraction of sp³-hybridized carbons (Fsp3) is 0.533. The second-order valence-electron chi connectivity index (χ2n) is 4.71. The van der Waals surface area contributed by atoms with E-state index in [-0.39, 0.29) is 5.91 Å². The Morgan fingerprint density at radius 3 is 2.84 bits per heavy atom. The summed E-state index contributed by atoms with van der Waals surface area (Å²) in [5.74, 6) is 0.906. The van der Waals surface area contributed by atoms with Crippen LogP contribution in [0.15, 0.2) is 24.3 Å². The molecule has 0 spiro atoms. The van der Waals surface area contributed by atoms with E-state index in [9.17, 15) is 4.79 Å². The van der Waals surface area contributed by atoms with Crippen molar-refractivity contribution in [3.05, 3.63) is 29.8 Å². The van der Waals surface area contributed by atoms with Gasteiger partial charge in [0.15, 0.2) is 0 Å². The molecule has 0 aliphatic rings. The van der Waals surface area contributed by atoms with Gasteiger partial charge in [-0.15, -0.1) is 0 Å². The first kappa shape index (κ1) is 15.5. The van der Waals surface area contributed by atoms with Crippen molar-refractivity contribution in [1.82, 2.24) is 10.2 Å². The summed E-state index contributed by atoms with van der Waals surface area (Å²) in [6.07, 6.45) is 1.54. The van der Waals surface area contributed by atoms with E-state index in [0.29, 0.717) is 13.0 Å². The number of carbonyl (C=O) groups excluding carboxylic acids is 1. The number of ether oxygens (including phenoxy) is 1. The van der Waals surface area contributed by atoms with Gasteiger partial charge in [0.25, 0.3) is 0 Å². The monoisotopic (exact) mass is 264 g/mol. The molecule has 4 nitrogen and oxygen atoms in total. The van der Waals surface area contributed by atoms with E-state index in [1.165, 1.54) is 5.56 Å². The van der Waals surface area contributed by atoms with Crippen LogP contribution in [0.1, 0.15) is 25.3 Å². The van der Waals surface area contributed by atoms with Gasteiger partial charge in [-0.3, -0.25) is 4.79 Å². The number of nitrogens with zero attached hydrogens (tertiary/aromatic N) is 1. The maximum absolute atomic E-state index is 11.4. The van der Waals surface area contributed by atoms with E-state index in [4.69, 9.17) is 4.74 Å². The van der Waals surface area contributed by atoms with Gasteiger partial charge in [0, 0.05) is 20.6 Å². The summed E-state index contributed by atoms with van der Waals surface area (Å²) < 4.78 is 5.60. The molecule has 0 unspecified atom stereocenters. The average Bonchev–Trinajstić information content (AvgIpc) is 2.39. The lowest BCUT2D eigenvalue weighted by molar-refractivity contribution is -0.129. The molecule has 0 saturated heterocycles. The van der Waals surface area contributed by atoms with Gasteiger partial charge in [0.1, 0.15) is 5.75 Å². The molecule has 106 valence electrons. The molecule has 0 fully saturated rings. The van der Waals surface area contributed by atoms with Crippen LogP contribution in [0.25, 0.3) is 0 Å². The van der Waals surface area contributed by atoms with Gasteiger partial charge in [-0.2, -0.15) is 0 Å². The van der Waals surface area contributed by atoms with Crippen LogP contribution in [0.5, 0.6) is 5.75 Å². The minimum atomic E-state index is 0.0840. The van der Waals surface area contributed by atoms with Crippen LogP contribution in [0.4, 0.5) is 0 Å². The van der Waals surface area contributed by atoms with Crippen LogP contribution in [0.3, 0.4) is 0 Å². The van der Waals surface area contributed by atoms with Crippen LogP contribution >= 0.6 is 0 Å². The highest BCUT2D eigenvalue weighted by atomic mass is 16.5. The molecule has 1 aromatic carbocycles. The lowest BCUT2D eigenvalue weighted by atomic mass is 10.2. The predicted octanol–water partition coefficient (Wildman–Crippen LogP) is 2.04. The Bertz CT molecular complexity index is 391. The second kappa shape index (κ2) is 8.53. The molecule has 0 atom stereocenters. The van der Waals surface area contributed by atoms with Gasteiger partial charge in [-0.25, -0.2) is 0 Å². The van der Waals surface area contributed by atoms with Crippen molar-refractivity contribution >= 4 is 5.91 Å². The summed E-state index contributed by atoms with van der Waals surface area (Å²) in [5.41, 5.74) is 1.20. The standard InChI is InChI=1S/C15H24N2O2/c1-4-9-16-12-13-6-5-7-14(11-13)19-10-8-15(18)17(2)3/h5-7,11,16H,4,8-10,12H2,1-3H3. The second-order valence-corrected chi connectivity index (χ2v) is 4.71. The summed E-state index contributed by atoms with van der Waals surface area (Å²) >= 11 is 0. The lowest BCUT2D eigenvalue weighted by Gasteiger charge is -2.11. The van der Waals surface area contributed by atoms with Crippen molar-refractivity contribution in [1.29, 1.82) is 0 Å². The molecule has 0 bridgehead atoms. The molecular formula is C15H24N2O2. The Balaban J connectivity index is 2.37. The fourth-order valence-electron chi connectivity index (χ4n) is 1.63. The van der Waals surface area contributed by atoms with Crippen molar-refractivity contribution in [2.45, 2.75) is 26.3 Å². The minimum Gasteiger partial charge on any atom is -0.493 e. The van der Waals surface area contributed by atoms with Crippen molar-refractivity contribution < 1.29 is 9.53 Å². The van der Waals surface area contributed by atoms with Crippen molar-refractivity contribution in [3.63, 3.8) is 0 Å². The van der Waals surface area contributed by atoms with Crippen molar-refractivity contribution in [2.24, 2.45) is 0 Å². The highest BCUT2D eigenvalue weighted by Gasteiger charge is 2.04. The number of carbonyl (C=O) groups is 1. The van der Waals surface area contributed by atoms with Gasteiger partial charge in [0.05, 0.1) is 13.0 Å². The van der Waals surface area contributed by atoms with E-state index >= 15 is 0 Å². The van der Waals surface area contributed by atoms with Crippen LogP contribution in [-0.4, -0.2) is 38.1 Å². The Morgan fingerprint density at radius 1 is 1.37 bits per heavy atom. The maximum atomic E-state index is 11.4. The smallest absolute Gasteiger partial charge is 0.225 e. The molecule has 4 heteroatoms. The molecule has 19 heavy (non-hydrogen) atoms. The van der Waals surface area contributed by atoms with Crippen LogP contribution < -0.4 is 10.1 Å². The molecule has 0 aliphatic carbocycles. The summed E-state index contributed by atoms with van der Waals surface area (Å²) in [5, 5.41) is 3.35. The first-order valence-electron chi connectivity index (χ1n) is 6.76. The zero-order chi connectivity index (χ0) is 14.1. The van der Waals surface area contributed by atoms with E-state index < -0.39 is 0 Å². The molecule has 0 heterocycles. The first-order chi connectivity index (χ1) is 9.13. The number of nitrogens with one attached hydrogen (secondary N) is 1. The number of hydrogen-bond acceptors (Lipinski definition) is 3. The molecular weight excluding hydrogens is 240 g/mol. The fourth-order valence-corrected chi connectivity index (χ4v) is 1.63. The summed E-state index contributed by atoms with van der Waals surface area (Å²) in [6.45, 7) is 4.43. The maximum Gasteiger partial charge on any atom is 0.225 e. The van der Waals surface area contributed by atoms with Gasteiger partial charge in [0.2, 0.25) is 5.91 Å². The Kier molecular flexibility index (Phi) is 6.97. The molecule has 0 radical (unpaired) electrons. The molecule has 1 amide bonds. The normalized spacial score (nSPS) is 10.3. The summed E-state index contributed by atoms with van der Waals surface area (Å²) in [7, 11) is 3.50. The predicted molar refractivity (Wildman–Crippen MR) is 77.2 cm³/mol.